The van der Waals surface area contributed by atoms with Crippen molar-refractivity contribution in [3.8, 4) is 11.1 Å². The molecule has 7 heteroatoms. The van der Waals surface area contributed by atoms with E-state index in [4.69, 9.17) is 10.5 Å². The fourth-order valence-corrected chi connectivity index (χ4v) is 4.38. The molecule has 29 heavy (non-hydrogen) atoms. The second kappa shape index (κ2) is 8.06. The van der Waals surface area contributed by atoms with Crippen molar-refractivity contribution in [3.63, 3.8) is 0 Å². The largest absolute Gasteiger partial charge is 0.447 e. The van der Waals surface area contributed by atoms with Crippen molar-refractivity contribution in [1.29, 1.82) is 0 Å². The molecule has 1 aromatic heterocycles. The molecule has 1 aliphatic carbocycles. The molecule has 0 saturated carbocycles. The predicted molar refractivity (Wildman–Crippen MR) is 113 cm³/mol. The summed E-state index contributed by atoms with van der Waals surface area (Å²) >= 11 is 1.29. The van der Waals surface area contributed by atoms with Crippen LogP contribution in [0, 0.1) is 0 Å². The predicted octanol–water partition coefficient (Wildman–Crippen LogP) is 3.95. The van der Waals surface area contributed by atoms with Crippen LogP contribution < -0.4 is 16.6 Å². The van der Waals surface area contributed by atoms with Crippen LogP contribution in [0.4, 0.5) is 4.79 Å². The Balaban J connectivity index is 1.36. The molecule has 0 radical (unpaired) electrons. The summed E-state index contributed by atoms with van der Waals surface area (Å²) in [6.45, 7) is 2.03. The summed E-state index contributed by atoms with van der Waals surface area (Å²) in [4.78, 5) is 25.6. The molecule has 4 rings (SSSR count). The zero-order chi connectivity index (χ0) is 20.4. The number of thiophene rings is 1. The minimum Gasteiger partial charge on any atom is -0.447 e. The number of hydrogen-bond donors (Lipinski definition) is 3. The lowest BCUT2D eigenvalue weighted by Crippen LogP contribution is -2.42. The quantitative estimate of drug-likeness (QED) is 0.571. The third kappa shape index (κ3) is 3.87. The minimum absolute atomic E-state index is 0.0326. The fourth-order valence-electron chi connectivity index (χ4n) is 3.52. The lowest BCUT2D eigenvalue weighted by Gasteiger charge is -2.14. The van der Waals surface area contributed by atoms with Gasteiger partial charge in [0, 0.05) is 16.8 Å². The third-order valence-corrected chi connectivity index (χ3v) is 6.21. The van der Waals surface area contributed by atoms with E-state index in [1.807, 2.05) is 31.2 Å². The van der Waals surface area contributed by atoms with Crippen LogP contribution in [0.5, 0.6) is 0 Å². The summed E-state index contributed by atoms with van der Waals surface area (Å²) in [7, 11) is 0. The van der Waals surface area contributed by atoms with E-state index in [-0.39, 0.29) is 18.6 Å². The zero-order valence-electron chi connectivity index (χ0n) is 15.8. The van der Waals surface area contributed by atoms with Crippen molar-refractivity contribution in [2.75, 3.05) is 6.61 Å². The van der Waals surface area contributed by atoms with Gasteiger partial charge in [0.05, 0.1) is 4.88 Å². The van der Waals surface area contributed by atoms with Gasteiger partial charge in [0.2, 0.25) is 0 Å². The van der Waals surface area contributed by atoms with Gasteiger partial charge in [-0.05, 0) is 41.3 Å². The number of hydrogen-bond acceptors (Lipinski definition) is 5. The van der Waals surface area contributed by atoms with E-state index in [2.05, 4.69) is 35.1 Å². The van der Waals surface area contributed by atoms with Gasteiger partial charge in [-0.1, -0.05) is 48.5 Å². The van der Waals surface area contributed by atoms with Gasteiger partial charge in [-0.25, -0.2) is 10.2 Å². The van der Waals surface area contributed by atoms with Crippen molar-refractivity contribution >= 4 is 23.3 Å². The first-order valence-corrected chi connectivity index (χ1v) is 10.1. The van der Waals surface area contributed by atoms with Crippen LogP contribution in [0.1, 0.15) is 44.6 Å². The minimum atomic E-state index is -0.704. The van der Waals surface area contributed by atoms with Crippen LogP contribution in [0.25, 0.3) is 11.1 Å². The molecule has 0 fully saturated rings. The van der Waals surface area contributed by atoms with Crippen molar-refractivity contribution in [3.05, 3.63) is 81.5 Å². The first-order chi connectivity index (χ1) is 14.0. The number of benzene rings is 2. The lowest BCUT2D eigenvalue weighted by atomic mass is 9.98. The number of nitrogens with two attached hydrogens (primary N) is 1. The van der Waals surface area contributed by atoms with Crippen molar-refractivity contribution in [2.45, 2.75) is 18.9 Å². The summed E-state index contributed by atoms with van der Waals surface area (Å²) in [6.07, 6.45) is -0.704. The van der Waals surface area contributed by atoms with Crippen LogP contribution in [0.15, 0.2) is 60.7 Å². The molecule has 1 unspecified atom stereocenters. The van der Waals surface area contributed by atoms with Crippen LogP contribution >= 0.6 is 11.3 Å². The normalized spacial score (nSPS) is 13.3. The first-order valence-electron chi connectivity index (χ1n) is 9.31. The molecule has 0 saturated heterocycles. The number of carbonyl (C=O) groups excluding carboxylic acids is 2. The number of nitrogens with one attached hydrogen (secondary N) is 2. The number of carbonyl (C=O) groups is 2. The van der Waals surface area contributed by atoms with E-state index in [1.165, 1.54) is 11.3 Å². The third-order valence-electron chi connectivity index (χ3n) is 4.92. The highest BCUT2D eigenvalue weighted by Crippen LogP contribution is 2.44. The maximum atomic E-state index is 12.2. The SMILES string of the molecule is CC(N)c1ccc(C(=O)NNC(=O)OCC2c3ccccc3-c3ccccc32)s1. The smallest absolute Gasteiger partial charge is 0.426 e. The van der Waals surface area contributed by atoms with Gasteiger partial charge in [-0.2, -0.15) is 0 Å². The van der Waals surface area contributed by atoms with E-state index < -0.39 is 12.0 Å². The van der Waals surface area contributed by atoms with Gasteiger partial charge in [-0.3, -0.25) is 10.2 Å². The van der Waals surface area contributed by atoms with Gasteiger partial charge in [0.15, 0.2) is 0 Å². The summed E-state index contributed by atoms with van der Waals surface area (Å²) in [6, 6.07) is 19.6. The average Bonchev–Trinajstić information content (AvgIpc) is 3.34. The molecule has 1 aliphatic rings. The molecule has 2 amide bonds. The zero-order valence-corrected chi connectivity index (χ0v) is 16.7. The number of fused-ring (bicyclic) bond motifs is 3. The molecule has 0 bridgehead atoms. The van der Waals surface area contributed by atoms with Gasteiger partial charge < -0.3 is 10.5 Å². The highest BCUT2D eigenvalue weighted by atomic mass is 32.1. The standard InChI is InChI=1S/C22H21N3O3S/c1-13(23)19-10-11-20(29-19)21(26)24-25-22(27)28-12-18-16-8-4-2-6-14(16)15-7-3-5-9-17(15)18/h2-11,13,18H,12,23H2,1H3,(H,24,26)(H,25,27). The summed E-state index contributed by atoms with van der Waals surface area (Å²) in [5.41, 5.74) is 15.1. The second-order valence-corrected chi connectivity index (χ2v) is 8.01. The Kier molecular flexibility index (Phi) is 5.33. The molecule has 0 aliphatic heterocycles. The van der Waals surface area contributed by atoms with Crippen LogP contribution in [0.3, 0.4) is 0 Å². The fraction of sp³-hybridized carbons (Fsp3) is 0.182. The summed E-state index contributed by atoms with van der Waals surface area (Å²) < 4.78 is 5.39. The Bertz CT molecular complexity index is 1020. The van der Waals surface area contributed by atoms with E-state index in [9.17, 15) is 9.59 Å². The Morgan fingerprint density at radius 3 is 2.21 bits per heavy atom. The maximum absolute atomic E-state index is 12.2. The van der Waals surface area contributed by atoms with Crippen LogP contribution in [-0.2, 0) is 4.74 Å². The van der Waals surface area contributed by atoms with E-state index >= 15 is 0 Å². The maximum Gasteiger partial charge on any atom is 0.426 e. The molecule has 2 aromatic carbocycles. The molecule has 148 valence electrons. The number of amides is 2. The highest BCUT2D eigenvalue weighted by molar-refractivity contribution is 7.14. The Labute approximate surface area is 172 Å². The number of rotatable bonds is 4. The Morgan fingerprint density at radius 1 is 1.00 bits per heavy atom. The highest BCUT2D eigenvalue weighted by Gasteiger charge is 2.29. The van der Waals surface area contributed by atoms with Crippen LogP contribution in [-0.4, -0.2) is 18.6 Å². The first kappa shape index (κ1) is 19.2. The molecule has 3 aromatic rings. The van der Waals surface area contributed by atoms with Gasteiger partial charge in [0.1, 0.15) is 6.61 Å². The van der Waals surface area contributed by atoms with E-state index in [0.717, 1.165) is 27.1 Å². The molecule has 0 spiro atoms. The van der Waals surface area contributed by atoms with E-state index in [1.54, 1.807) is 12.1 Å². The van der Waals surface area contributed by atoms with Crippen LogP contribution in [0.2, 0.25) is 0 Å². The summed E-state index contributed by atoms with van der Waals surface area (Å²) in [5.74, 6) is -0.440. The monoisotopic (exact) mass is 407 g/mol. The van der Waals surface area contributed by atoms with Gasteiger partial charge in [0.25, 0.3) is 5.91 Å². The topological polar surface area (TPSA) is 93.5 Å². The molecule has 1 heterocycles. The number of ether oxygens (including phenoxy) is 1. The van der Waals surface area contributed by atoms with Gasteiger partial charge >= 0.3 is 6.09 Å². The van der Waals surface area contributed by atoms with E-state index in [0.29, 0.717) is 4.88 Å². The molecule has 6 nitrogen and oxygen atoms in total. The van der Waals surface area contributed by atoms with Crippen molar-refractivity contribution < 1.29 is 14.3 Å². The molecule has 4 N–H and O–H groups in total. The molecular formula is C22H21N3O3S. The number of hydrazine groups is 1. The molecular weight excluding hydrogens is 386 g/mol. The summed E-state index contributed by atoms with van der Waals surface area (Å²) in [5, 5.41) is 0. The average molecular weight is 407 g/mol. The van der Waals surface area contributed by atoms with Gasteiger partial charge in [-0.15, -0.1) is 11.3 Å². The van der Waals surface area contributed by atoms with Crippen molar-refractivity contribution in [2.24, 2.45) is 5.73 Å². The molecule has 1 atom stereocenters. The second-order valence-electron chi connectivity index (χ2n) is 6.90. The Morgan fingerprint density at radius 2 is 1.62 bits per heavy atom. The van der Waals surface area contributed by atoms with Crippen molar-refractivity contribution in [1.82, 2.24) is 10.9 Å². The lowest BCUT2D eigenvalue weighted by molar-refractivity contribution is 0.0912. The Hall–Kier alpha value is -3.16.